The van der Waals surface area contributed by atoms with Gasteiger partial charge in [0.25, 0.3) is 13.4 Å². The van der Waals surface area contributed by atoms with Gasteiger partial charge in [0.05, 0.1) is 0 Å². The molecule has 4 aliphatic rings. The molecule has 370 valence electrons. The molecule has 0 saturated carbocycles. The maximum absolute atomic E-state index is 2.52. The van der Waals surface area contributed by atoms with Crippen LogP contribution in [0.4, 0.5) is 68.2 Å². The molecule has 0 saturated heterocycles. The Bertz CT molecular complexity index is 4070. The zero-order valence-corrected chi connectivity index (χ0v) is 43.7. The summed E-state index contributed by atoms with van der Waals surface area (Å²) in [7, 11) is 0. The van der Waals surface area contributed by atoms with Crippen LogP contribution in [-0.4, -0.2) is 13.4 Å². The second-order valence-corrected chi connectivity index (χ2v) is 21.5. The van der Waals surface area contributed by atoms with Crippen LogP contribution in [0, 0.1) is 0 Å². The van der Waals surface area contributed by atoms with Crippen molar-refractivity contribution in [2.24, 2.45) is 0 Å². The molecule has 4 heterocycles. The minimum Gasteiger partial charge on any atom is -0.311 e. The molecule has 0 aliphatic carbocycles. The molecule has 0 unspecified atom stereocenters. The van der Waals surface area contributed by atoms with Crippen molar-refractivity contribution in [3.63, 3.8) is 0 Å². The SMILES string of the molecule is c1ccc(N2c3ccccc3B3c4ccccc4N(c4ccccc4)c4cc(-c5c6ccccc6c(-c6cc7c8c(c6)N(c6ccccc6)c6ccccc6B8c6ccccc6N7c6ccccc6)c6ccccc56)cc2c43)cc1. The van der Waals surface area contributed by atoms with Crippen molar-refractivity contribution in [1.29, 1.82) is 0 Å². The van der Waals surface area contributed by atoms with Crippen LogP contribution in [0.2, 0.25) is 0 Å². The lowest BCUT2D eigenvalue weighted by Crippen LogP contribution is -2.61. The third-order valence-electron chi connectivity index (χ3n) is 17.3. The number of nitrogens with zero attached hydrogens (tertiary/aromatic N) is 4. The van der Waals surface area contributed by atoms with E-state index in [1.807, 2.05) is 0 Å². The molecular weight excluding hydrogens is 966 g/mol. The summed E-state index contributed by atoms with van der Waals surface area (Å²) in [5, 5.41) is 4.81. The van der Waals surface area contributed by atoms with Crippen LogP contribution in [0.3, 0.4) is 0 Å². The van der Waals surface area contributed by atoms with E-state index >= 15 is 0 Å². The molecule has 0 atom stereocenters. The second-order valence-electron chi connectivity index (χ2n) is 21.5. The highest BCUT2D eigenvalue weighted by atomic mass is 15.2. The fourth-order valence-electron chi connectivity index (χ4n) is 14.3. The zero-order valence-electron chi connectivity index (χ0n) is 43.7. The van der Waals surface area contributed by atoms with E-state index in [4.69, 9.17) is 0 Å². The fourth-order valence-corrected chi connectivity index (χ4v) is 14.3. The van der Waals surface area contributed by atoms with Gasteiger partial charge in [-0.15, -0.1) is 0 Å². The predicted molar refractivity (Wildman–Crippen MR) is 340 cm³/mol. The molecule has 0 amide bonds. The molecule has 0 N–H and O–H groups in total. The van der Waals surface area contributed by atoms with Crippen LogP contribution in [0.5, 0.6) is 0 Å². The Morgan fingerprint density at radius 1 is 0.200 bits per heavy atom. The van der Waals surface area contributed by atoms with Gasteiger partial charge in [-0.3, -0.25) is 0 Å². The van der Waals surface area contributed by atoms with Gasteiger partial charge < -0.3 is 19.6 Å². The first-order valence-electron chi connectivity index (χ1n) is 27.8. The molecule has 17 rings (SSSR count). The topological polar surface area (TPSA) is 13.0 Å². The van der Waals surface area contributed by atoms with E-state index in [1.165, 1.54) is 122 Å². The monoisotopic (exact) mass is 1010 g/mol. The van der Waals surface area contributed by atoms with Crippen LogP contribution >= 0.6 is 0 Å². The molecule has 13 aromatic carbocycles. The summed E-state index contributed by atoms with van der Waals surface area (Å²) in [6, 6.07) is 108. The number of para-hydroxylation sites is 8. The van der Waals surface area contributed by atoms with E-state index in [0.29, 0.717) is 0 Å². The summed E-state index contributed by atoms with van der Waals surface area (Å²) in [4.78, 5) is 10.1. The van der Waals surface area contributed by atoms with Gasteiger partial charge in [0.1, 0.15) is 0 Å². The van der Waals surface area contributed by atoms with Crippen molar-refractivity contribution < 1.29 is 0 Å². The zero-order chi connectivity index (χ0) is 52.4. The molecule has 0 aromatic heterocycles. The smallest absolute Gasteiger partial charge is 0.252 e. The van der Waals surface area contributed by atoms with Gasteiger partial charge in [0.15, 0.2) is 0 Å². The van der Waals surface area contributed by atoms with Crippen LogP contribution in [0.25, 0.3) is 43.8 Å². The normalized spacial score (nSPS) is 13.3. The van der Waals surface area contributed by atoms with Crippen molar-refractivity contribution in [3.05, 3.63) is 291 Å². The summed E-state index contributed by atoms with van der Waals surface area (Å²) in [5.74, 6) is 0. The minimum atomic E-state index is 0.0201. The molecule has 80 heavy (non-hydrogen) atoms. The summed E-state index contributed by atoms with van der Waals surface area (Å²) in [6.07, 6.45) is 0. The number of anilines is 12. The molecule has 0 fully saturated rings. The molecule has 4 nitrogen and oxygen atoms in total. The van der Waals surface area contributed by atoms with E-state index in [2.05, 4.69) is 311 Å². The first kappa shape index (κ1) is 44.8. The lowest BCUT2D eigenvalue weighted by Gasteiger charge is -2.44. The van der Waals surface area contributed by atoms with Crippen LogP contribution in [0.1, 0.15) is 0 Å². The minimum absolute atomic E-state index is 0.0201. The summed E-state index contributed by atoms with van der Waals surface area (Å²) >= 11 is 0. The number of rotatable bonds is 6. The van der Waals surface area contributed by atoms with Crippen LogP contribution in [-0.2, 0) is 0 Å². The number of benzene rings is 13. The van der Waals surface area contributed by atoms with Crippen molar-refractivity contribution in [3.8, 4) is 22.3 Å². The van der Waals surface area contributed by atoms with E-state index in [0.717, 1.165) is 22.7 Å². The lowest BCUT2D eigenvalue weighted by molar-refractivity contribution is 1.25. The quantitative estimate of drug-likeness (QED) is 0.122. The van der Waals surface area contributed by atoms with Crippen molar-refractivity contribution >= 4 is 136 Å². The van der Waals surface area contributed by atoms with Crippen LogP contribution in [0.15, 0.2) is 291 Å². The van der Waals surface area contributed by atoms with Gasteiger partial charge in [0, 0.05) is 68.2 Å². The lowest BCUT2D eigenvalue weighted by atomic mass is 9.33. The Hall–Kier alpha value is -10.3. The van der Waals surface area contributed by atoms with Crippen molar-refractivity contribution in [2.45, 2.75) is 0 Å². The van der Waals surface area contributed by atoms with Gasteiger partial charge in [0.2, 0.25) is 0 Å². The Morgan fingerprint density at radius 2 is 0.412 bits per heavy atom. The van der Waals surface area contributed by atoms with E-state index in [9.17, 15) is 0 Å². The predicted octanol–water partition coefficient (Wildman–Crippen LogP) is 15.5. The number of hydrogen-bond donors (Lipinski definition) is 0. The highest BCUT2D eigenvalue weighted by Crippen LogP contribution is 2.52. The average molecular weight is 1010 g/mol. The maximum Gasteiger partial charge on any atom is 0.252 e. The first-order chi connectivity index (χ1) is 39.8. The Balaban J connectivity index is 0.973. The number of fused-ring (bicyclic) bond motifs is 10. The molecular formula is C74H48B2N4. The van der Waals surface area contributed by atoms with Gasteiger partial charge >= 0.3 is 0 Å². The maximum atomic E-state index is 2.52. The summed E-state index contributed by atoms with van der Waals surface area (Å²) < 4.78 is 0. The fraction of sp³-hybridized carbons (Fsp3) is 0. The third-order valence-corrected chi connectivity index (χ3v) is 17.3. The van der Waals surface area contributed by atoms with Gasteiger partial charge in [-0.25, -0.2) is 0 Å². The highest BCUT2D eigenvalue weighted by Gasteiger charge is 2.45. The summed E-state index contributed by atoms with van der Waals surface area (Å²) in [6.45, 7) is 0.0402. The van der Waals surface area contributed by atoms with E-state index in [-0.39, 0.29) is 13.4 Å². The van der Waals surface area contributed by atoms with Gasteiger partial charge in [-0.2, -0.15) is 0 Å². The summed E-state index contributed by atoms with van der Waals surface area (Å²) in [5.41, 5.74) is 26.6. The average Bonchev–Trinajstić information content (AvgIpc) is 3.46. The van der Waals surface area contributed by atoms with Crippen molar-refractivity contribution in [1.82, 2.24) is 0 Å². The number of hydrogen-bond acceptors (Lipinski definition) is 4. The largest absolute Gasteiger partial charge is 0.311 e. The molecule has 0 spiro atoms. The molecule has 13 aromatic rings. The van der Waals surface area contributed by atoms with Crippen LogP contribution < -0.4 is 52.4 Å². The van der Waals surface area contributed by atoms with E-state index in [1.54, 1.807) is 0 Å². The first-order valence-corrected chi connectivity index (χ1v) is 27.8. The molecule has 0 bridgehead atoms. The second kappa shape index (κ2) is 17.6. The third kappa shape index (κ3) is 6.48. The van der Waals surface area contributed by atoms with Gasteiger partial charge in [-0.05, 0) is 174 Å². The van der Waals surface area contributed by atoms with Crippen molar-refractivity contribution in [2.75, 3.05) is 19.6 Å². The van der Waals surface area contributed by atoms with E-state index < -0.39 is 0 Å². The van der Waals surface area contributed by atoms with Gasteiger partial charge in [-0.1, -0.05) is 194 Å². The Morgan fingerprint density at radius 3 is 0.662 bits per heavy atom. The molecule has 0 radical (unpaired) electrons. The molecule has 4 aliphatic heterocycles. The Labute approximate surface area is 466 Å². The molecule has 6 heteroatoms. The standard InChI is InChI=1S/C74H48B2N4/c1-5-25-51(26-6-1)77-63-41-21-17-37-59(63)75-60-38-18-22-42-64(60)78(52-27-7-2-8-28-52)68-46-49(45-67(77)73(68)75)71-55-33-13-15-35-57(55)72(58-36-16-14-34-56(58)71)50-47-69-74-70(48-50)80(54-31-11-4-12-32-54)66-44-24-20-40-62(66)76(74)61-39-19-23-43-65(61)79(69)53-29-9-3-10-30-53/h1-48H. The highest BCUT2D eigenvalue weighted by molar-refractivity contribution is 7.01. The Kier molecular flexibility index (Phi) is 9.87.